The van der Waals surface area contributed by atoms with Gasteiger partial charge in [-0.25, -0.2) is 0 Å². The van der Waals surface area contributed by atoms with Gasteiger partial charge in [0.1, 0.15) is 0 Å². The summed E-state index contributed by atoms with van der Waals surface area (Å²) in [5.74, 6) is -1.25. The van der Waals surface area contributed by atoms with E-state index in [9.17, 15) is 10.2 Å². The molecule has 1 rings (SSSR count). The number of hydrogen-bond donors (Lipinski definition) is 4. The van der Waals surface area contributed by atoms with Crippen molar-refractivity contribution in [2.45, 2.75) is 6.54 Å². The zero-order valence-electron chi connectivity index (χ0n) is 7.90. The third-order valence-corrected chi connectivity index (χ3v) is 2.09. The second kappa shape index (κ2) is 4.65. The maximum absolute atomic E-state index is 9.21. The predicted molar refractivity (Wildman–Crippen MR) is 61.1 cm³/mol. The number of rotatable bonds is 3. The minimum Gasteiger partial charge on any atom is -0.504 e. The summed E-state index contributed by atoms with van der Waals surface area (Å²) < 4.78 is 0. The van der Waals surface area contributed by atoms with Gasteiger partial charge in [0.25, 0.3) is 0 Å². The molecule has 0 aliphatic heterocycles. The number of thiocarbonyl (C=S) groups is 1. The van der Waals surface area contributed by atoms with Crippen molar-refractivity contribution >= 4 is 17.2 Å². The fraction of sp³-hybridized carbons (Fsp3) is 0.100. The van der Waals surface area contributed by atoms with Gasteiger partial charge in [0, 0.05) is 6.54 Å². The third-order valence-electron chi connectivity index (χ3n) is 1.78. The van der Waals surface area contributed by atoms with Gasteiger partial charge in [0.05, 0.1) is 4.99 Å². The maximum Gasteiger partial charge on any atom is 0.200 e. The summed E-state index contributed by atoms with van der Waals surface area (Å²) in [6.07, 6.45) is 1.48. The second-order valence-corrected chi connectivity index (χ2v) is 3.34. The fourth-order valence-electron chi connectivity index (χ4n) is 1.02. The van der Waals surface area contributed by atoms with Crippen molar-refractivity contribution in [1.82, 2.24) is 5.32 Å². The van der Waals surface area contributed by atoms with E-state index in [2.05, 4.69) is 11.9 Å². The summed E-state index contributed by atoms with van der Waals surface area (Å²) in [5.41, 5.74) is 0.604. The van der Waals surface area contributed by atoms with Crippen molar-refractivity contribution in [1.29, 1.82) is 0 Å². The fourth-order valence-corrected chi connectivity index (χ4v) is 1.10. The molecule has 1 aromatic rings. The Labute approximate surface area is 92.5 Å². The molecular formula is C10H11NO3S. The zero-order valence-corrected chi connectivity index (χ0v) is 8.71. The molecule has 5 heteroatoms. The van der Waals surface area contributed by atoms with E-state index >= 15 is 0 Å². The topological polar surface area (TPSA) is 72.7 Å². The molecule has 0 saturated heterocycles. The van der Waals surface area contributed by atoms with Crippen LogP contribution in [0.25, 0.3) is 0 Å². The van der Waals surface area contributed by atoms with Gasteiger partial charge in [-0.15, -0.1) is 0 Å². The highest BCUT2D eigenvalue weighted by Gasteiger charge is 2.07. The number of phenolic OH excluding ortho intramolecular Hbond substituents is 3. The number of aromatic hydroxyl groups is 3. The van der Waals surface area contributed by atoms with Crippen molar-refractivity contribution in [3.05, 3.63) is 30.4 Å². The van der Waals surface area contributed by atoms with Gasteiger partial charge in [-0.1, -0.05) is 18.8 Å². The summed E-state index contributed by atoms with van der Waals surface area (Å²) in [5, 5.41) is 30.3. The van der Waals surface area contributed by atoms with Crippen LogP contribution in [-0.2, 0) is 6.54 Å². The van der Waals surface area contributed by atoms with E-state index in [1.165, 1.54) is 18.2 Å². The number of nitrogens with one attached hydrogen (secondary N) is 1. The quantitative estimate of drug-likeness (QED) is 0.355. The molecule has 0 heterocycles. The van der Waals surface area contributed by atoms with Gasteiger partial charge >= 0.3 is 0 Å². The first kappa shape index (κ1) is 11.3. The van der Waals surface area contributed by atoms with Crippen molar-refractivity contribution in [3.8, 4) is 17.2 Å². The Kier molecular flexibility index (Phi) is 3.51. The lowest BCUT2D eigenvalue weighted by atomic mass is 10.2. The minimum absolute atomic E-state index is 0.340. The lowest BCUT2D eigenvalue weighted by Crippen LogP contribution is -2.17. The molecule has 0 fully saturated rings. The van der Waals surface area contributed by atoms with Gasteiger partial charge in [-0.05, 0) is 23.8 Å². The highest BCUT2D eigenvalue weighted by atomic mass is 32.1. The van der Waals surface area contributed by atoms with E-state index in [1.807, 2.05) is 0 Å². The molecule has 0 unspecified atom stereocenters. The van der Waals surface area contributed by atoms with Crippen molar-refractivity contribution in [3.63, 3.8) is 0 Å². The van der Waals surface area contributed by atoms with Crippen molar-refractivity contribution < 1.29 is 15.3 Å². The normalized spacial score (nSPS) is 9.60. The highest BCUT2D eigenvalue weighted by Crippen LogP contribution is 2.35. The first-order valence-electron chi connectivity index (χ1n) is 4.18. The molecule has 0 aromatic heterocycles. The first-order chi connectivity index (χ1) is 7.04. The molecule has 80 valence electrons. The molecule has 0 aliphatic rings. The van der Waals surface area contributed by atoms with Crippen LogP contribution < -0.4 is 5.32 Å². The van der Waals surface area contributed by atoms with Crippen LogP contribution in [0.5, 0.6) is 17.2 Å². The maximum atomic E-state index is 9.21. The number of benzene rings is 1. The Hall–Kier alpha value is -1.75. The molecular weight excluding hydrogens is 214 g/mol. The van der Waals surface area contributed by atoms with E-state index in [1.54, 1.807) is 0 Å². The SMILES string of the molecule is C=CC(=S)NCc1cc(O)c(O)c(O)c1. The Morgan fingerprint density at radius 1 is 1.33 bits per heavy atom. The summed E-state index contributed by atoms with van der Waals surface area (Å²) >= 11 is 4.84. The molecule has 4 nitrogen and oxygen atoms in total. The van der Waals surface area contributed by atoms with Crippen molar-refractivity contribution in [2.75, 3.05) is 0 Å². The molecule has 0 amide bonds. The van der Waals surface area contributed by atoms with Crippen LogP contribution in [0.4, 0.5) is 0 Å². The molecule has 4 N–H and O–H groups in total. The summed E-state index contributed by atoms with van der Waals surface area (Å²) in [6, 6.07) is 2.68. The molecule has 0 aliphatic carbocycles. The van der Waals surface area contributed by atoms with E-state index < -0.39 is 5.75 Å². The summed E-state index contributed by atoms with van der Waals surface area (Å²) in [6.45, 7) is 3.82. The largest absolute Gasteiger partial charge is 0.504 e. The van der Waals surface area contributed by atoms with Gasteiger partial charge in [0.15, 0.2) is 17.2 Å². The average Bonchev–Trinajstić information content (AvgIpc) is 2.22. The monoisotopic (exact) mass is 225 g/mol. The van der Waals surface area contributed by atoms with Crippen LogP contribution in [0.1, 0.15) is 5.56 Å². The Balaban J connectivity index is 2.79. The van der Waals surface area contributed by atoms with E-state index in [0.717, 1.165) is 0 Å². The Morgan fingerprint density at radius 3 is 2.33 bits per heavy atom. The second-order valence-electron chi connectivity index (χ2n) is 2.90. The molecule has 1 aromatic carbocycles. The Morgan fingerprint density at radius 2 is 1.87 bits per heavy atom. The van der Waals surface area contributed by atoms with E-state index in [0.29, 0.717) is 17.1 Å². The lowest BCUT2D eigenvalue weighted by Gasteiger charge is -2.07. The molecule has 0 bridgehead atoms. The summed E-state index contributed by atoms with van der Waals surface area (Å²) in [7, 11) is 0. The molecule has 0 radical (unpaired) electrons. The highest BCUT2D eigenvalue weighted by molar-refractivity contribution is 7.80. The number of hydrogen-bond acceptors (Lipinski definition) is 4. The van der Waals surface area contributed by atoms with Crippen molar-refractivity contribution in [2.24, 2.45) is 0 Å². The van der Waals surface area contributed by atoms with E-state index in [4.69, 9.17) is 17.3 Å². The van der Waals surface area contributed by atoms with Gasteiger partial charge < -0.3 is 20.6 Å². The van der Waals surface area contributed by atoms with Crippen LogP contribution in [-0.4, -0.2) is 20.3 Å². The minimum atomic E-state index is -0.523. The number of phenols is 3. The first-order valence-corrected chi connectivity index (χ1v) is 4.59. The van der Waals surface area contributed by atoms with Gasteiger partial charge in [-0.2, -0.15) is 0 Å². The third kappa shape index (κ3) is 2.85. The van der Waals surface area contributed by atoms with Gasteiger partial charge in [-0.3, -0.25) is 0 Å². The lowest BCUT2D eigenvalue weighted by molar-refractivity contribution is 0.367. The van der Waals surface area contributed by atoms with Crippen LogP contribution >= 0.6 is 12.2 Å². The van der Waals surface area contributed by atoms with Gasteiger partial charge in [0.2, 0.25) is 0 Å². The van der Waals surface area contributed by atoms with Crippen LogP contribution in [0, 0.1) is 0 Å². The summed E-state index contributed by atoms with van der Waals surface area (Å²) in [4.78, 5) is 0.474. The smallest absolute Gasteiger partial charge is 0.200 e. The Bertz CT molecular complexity index is 381. The standard InChI is InChI=1S/C10H11NO3S/c1-2-9(15)11-5-6-3-7(12)10(14)8(13)4-6/h2-4,12-14H,1,5H2,(H,11,15). The van der Waals surface area contributed by atoms with Crippen LogP contribution in [0.15, 0.2) is 24.8 Å². The average molecular weight is 225 g/mol. The molecule has 0 spiro atoms. The zero-order chi connectivity index (χ0) is 11.4. The molecule has 15 heavy (non-hydrogen) atoms. The predicted octanol–water partition coefficient (Wildman–Crippen LogP) is 1.41. The van der Waals surface area contributed by atoms with Crippen LogP contribution in [0.3, 0.4) is 0 Å². The molecule has 0 saturated carbocycles. The molecule has 0 atom stereocenters. The van der Waals surface area contributed by atoms with Crippen LogP contribution in [0.2, 0.25) is 0 Å². The van der Waals surface area contributed by atoms with E-state index in [-0.39, 0.29) is 11.5 Å².